The number of urea groups is 1. The van der Waals surface area contributed by atoms with Gasteiger partial charge in [0.1, 0.15) is 5.82 Å². The van der Waals surface area contributed by atoms with E-state index in [-0.39, 0.29) is 18.4 Å². The molecule has 3 aromatic rings. The molecule has 1 fully saturated rings. The van der Waals surface area contributed by atoms with Crippen molar-refractivity contribution in [3.05, 3.63) is 88.4 Å². The van der Waals surface area contributed by atoms with Crippen LogP contribution in [0.1, 0.15) is 27.0 Å². The molecular weight excluding hydrogens is 471 g/mol. The van der Waals surface area contributed by atoms with Crippen LogP contribution in [0.3, 0.4) is 0 Å². The van der Waals surface area contributed by atoms with Gasteiger partial charge in [-0.2, -0.15) is 0 Å². The van der Waals surface area contributed by atoms with Crippen molar-refractivity contribution in [2.75, 3.05) is 37.6 Å². The number of benzene rings is 2. The zero-order chi connectivity index (χ0) is 25.2. The van der Waals surface area contributed by atoms with E-state index in [0.717, 1.165) is 28.9 Å². The van der Waals surface area contributed by atoms with Gasteiger partial charge in [0.2, 0.25) is 0 Å². The van der Waals surface area contributed by atoms with Crippen molar-refractivity contribution < 1.29 is 22.8 Å². The largest absolute Gasteiger partial charge is 0.350 e. The summed E-state index contributed by atoms with van der Waals surface area (Å²) in [6, 6.07) is 10.9. The second kappa shape index (κ2) is 9.88. The van der Waals surface area contributed by atoms with E-state index < -0.39 is 17.5 Å². The molecule has 0 saturated carbocycles. The molecule has 2 N–H and O–H groups in total. The van der Waals surface area contributed by atoms with Crippen molar-refractivity contribution in [3.63, 3.8) is 0 Å². The van der Waals surface area contributed by atoms with Crippen molar-refractivity contribution in [2.45, 2.75) is 12.8 Å². The first-order valence-electron chi connectivity index (χ1n) is 11.7. The van der Waals surface area contributed by atoms with Gasteiger partial charge in [0.15, 0.2) is 17.5 Å². The quantitative estimate of drug-likeness (QED) is 0.492. The number of fused-ring (bicyclic) bond motifs is 1. The fourth-order valence-corrected chi connectivity index (χ4v) is 4.67. The van der Waals surface area contributed by atoms with Crippen molar-refractivity contribution in [3.8, 4) is 0 Å². The number of carbonyl (C=O) groups is 2. The van der Waals surface area contributed by atoms with Crippen LogP contribution in [0.2, 0.25) is 0 Å². The summed E-state index contributed by atoms with van der Waals surface area (Å²) in [5, 5.41) is 5.63. The number of anilines is 2. The molecule has 0 atom stereocenters. The molecule has 186 valence electrons. The van der Waals surface area contributed by atoms with Gasteiger partial charge >= 0.3 is 6.03 Å². The second-order valence-electron chi connectivity index (χ2n) is 8.75. The Kier molecular flexibility index (Phi) is 6.49. The molecule has 0 unspecified atom stereocenters. The standard InChI is InChI=1S/C26H24F3N5O2/c27-20-13-17(14-21(28)24(20)29)12-16-4-6-30-23(15-16)34-9-5-18-19(2-1-3-22(18)34)25(35)31-7-10-33-11-8-32-26(33)36/h1-4,6,13-15H,5,7-12H2,(H,31,35)(H,32,36). The molecule has 2 aromatic carbocycles. The molecule has 5 rings (SSSR count). The maximum Gasteiger partial charge on any atom is 0.317 e. The van der Waals surface area contributed by atoms with Crippen molar-refractivity contribution in [2.24, 2.45) is 0 Å². The number of carbonyl (C=O) groups excluding carboxylic acids is 2. The number of nitrogens with zero attached hydrogens (tertiary/aromatic N) is 3. The number of rotatable bonds is 7. The highest BCUT2D eigenvalue weighted by Gasteiger charge is 2.26. The summed E-state index contributed by atoms with van der Waals surface area (Å²) >= 11 is 0. The third kappa shape index (κ3) is 4.71. The first-order chi connectivity index (χ1) is 17.4. The minimum Gasteiger partial charge on any atom is -0.350 e. The van der Waals surface area contributed by atoms with Gasteiger partial charge in [-0.15, -0.1) is 0 Å². The van der Waals surface area contributed by atoms with E-state index in [1.54, 1.807) is 23.2 Å². The normalized spacial score (nSPS) is 14.7. The van der Waals surface area contributed by atoms with E-state index in [1.807, 2.05) is 23.1 Å². The maximum absolute atomic E-state index is 13.6. The SMILES string of the molecule is O=C(NCCN1CCNC1=O)c1cccc2c1CCN2c1cc(Cc2cc(F)c(F)c(F)c2)ccn1. The highest BCUT2D eigenvalue weighted by molar-refractivity contribution is 5.98. The molecule has 36 heavy (non-hydrogen) atoms. The molecule has 1 saturated heterocycles. The monoisotopic (exact) mass is 495 g/mol. The topological polar surface area (TPSA) is 77.6 Å². The zero-order valence-corrected chi connectivity index (χ0v) is 19.4. The van der Waals surface area contributed by atoms with E-state index in [9.17, 15) is 22.8 Å². The van der Waals surface area contributed by atoms with E-state index in [1.165, 1.54) is 0 Å². The minimum absolute atomic E-state index is 0.120. The molecule has 10 heteroatoms. The fourth-order valence-electron chi connectivity index (χ4n) is 4.67. The molecular formula is C26H24F3N5O2. The van der Waals surface area contributed by atoms with Crippen molar-refractivity contribution in [1.29, 1.82) is 0 Å². The lowest BCUT2D eigenvalue weighted by Crippen LogP contribution is -2.37. The average molecular weight is 496 g/mol. The van der Waals surface area contributed by atoms with Crippen LogP contribution >= 0.6 is 0 Å². The van der Waals surface area contributed by atoms with Gasteiger partial charge in [-0.3, -0.25) is 4.79 Å². The Balaban J connectivity index is 1.30. The average Bonchev–Trinajstić information content (AvgIpc) is 3.48. The van der Waals surface area contributed by atoms with Gasteiger partial charge < -0.3 is 20.4 Å². The van der Waals surface area contributed by atoms with Crippen LogP contribution < -0.4 is 15.5 Å². The Morgan fingerprint density at radius 3 is 2.61 bits per heavy atom. The first kappa shape index (κ1) is 23.7. The van der Waals surface area contributed by atoms with E-state index in [4.69, 9.17) is 0 Å². The van der Waals surface area contributed by atoms with Gasteiger partial charge in [-0.05, 0) is 65.9 Å². The molecule has 0 radical (unpaired) electrons. The zero-order valence-electron chi connectivity index (χ0n) is 19.4. The predicted molar refractivity (Wildman–Crippen MR) is 128 cm³/mol. The number of amides is 3. The number of hydrogen-bond acceptors (Lipinski definition) is 4. The molecule has 2 aliphatic rings. The molecule has 2 aliphatic heterocycles. The fraction of sp³-hybridized carbons (Fsp3) is 0.269. The Bertz CT molecular complexity index is 1310. The van der Waals surface area contributed by atoms with Crippen molar-refractivity contribution in [1.82, 2.24) is 20.5 Å². The molecule has 0 bridgehead atoms. The lowest BCUT2D eigenvalue weighted by atomic mass is 10.0. The van der Waals surface area contributed by atoms with Crippen molar-refractivity contribution >= 4 is 23.4 Å². The molecule has 3 heterocycles. The minimum atomic E-state index is -1.48. The third-order valence-corrected chi connectivity index (χ3v) is 6.42. The van der Waals surface area contributed by atoms with Crippen LogP contribution in [-0.2, 0) is 12.8 Å². The maximum atomic E-state index is 13.6. The van der Waals surface area contributed by atoms with E-state index >= 15 is 0 Å². The lowest BCUT2D eigenvalue weighted by molar-refractivity contribution is 0.0949. The number of hydrogen-bond donors (Lipinski definition) is 2. The van der Waals surface area contributed by atoms with Crippen LogP contribution in [0.4, 0.5) is 29.5 Å². The second-order valence-corrected chi connectivity index (χ2v) is 8.75. The Morgan fingerprint density at radius 2 is 1.86 bits per heavy atom. The van der Waals surface area contributed by atoms with Crippen LogP contribution in [-0.4, -0.2) is 54.5 Å². The summed E-state index contributed by atoms with van der Waals surface area (Å²) < 4.78 is 40.5. The van der Waals surface area contributed by atoms with Crippen LogP contribution in [0.15, 0.2) is 48.7 Å². The summed E-state index contributed by atoms with van der Waals surface area (Å²) in [6.07, 6.45) is 2.47. The highest BCUT2D eigenvalue weighted by Crippen LogP contribution is 2.36. The number of halogens is 3. The van der Waals surface area contributed by atoms with E-state index in [0.29, 0.717) is 56.1 Å². The number of nitrogens with one attached hydrogen (secondary N) is 2. The summed E-state index contributed by atoms with van der Waals surface area (Å²) in [6.45, 7) is 2.65. The number of aromatic nitrogens is 1. The first-order valence-corrected chi connectivity index (χ1v) is 11.7. The molecule has 0 spiro atoms. The van der Waals surface area contributed by atoms with Gasteiger partial charge in [-0.25, -0.2) is 22.9 Å². The summed E-state index contributed by atoms with van der Waals surface area (Å²) in [7, 11) is 0. The third-order valence-electron chi connectivity index (χ3n) is 6.42. The van der Waals surface area contributed by atoms with Gasteiger partial charge in [-0.1, -0.05) is 6.07 Å². The molecule has 0 aliphatic carbocycles. The van der Waals surface area contributed by atoms with Gasteiger partial charge in [0.25, 0.3) is 5.91 Å². The molecule has 3 amide bonds. The summed E-state index contributed by atoms with van der Waals surface area (Å²) in [4.78, 5) is 32.7. The van der Waals surface area contributed by atoms with E-state index in [2.05, 4.69) is 15.6 Å². The summed E-state index contributed by atoms with van der Waals surface area (Å²) in [5.74, 6) is -3.48. The highest BCUT2D eigenvalue weighted by atomic mass is 19.2. The van der Waals surface area contributed by atoms with Gasteiger partial charge in [0.05, 0.1) is 0 Å². The Morgan fingerprint density at radius 1 is 1.06 bits per heavy atom. The van der Waals surface area contributed by atoms with Gasteiger partial charge in [0, 0.05) is 50.2 Å². The van der Waals surface area contributed by atoms with Crippen LogP contribution in [0.5, 0.6) is 0 Å². The molecule has 7 nitrogen and oxygen atoms in total. The molecule has 1 aromatic heterocycles. The van der Waals surface area contributed by atoms with Crippen LogP contribution in [0.25, 0.3) is 0 Å². The number of pyridine rings is 1. The summed E-state index contributed by atoms with van der Waals surface area (Å²) in [5.41, 5.74) is 3.43. The Labute approximate surface area is 205 Å². The Hall–Kier alpha value is -4.08. The smallest absolute Gasteiger partial charge is 0.317 e. The lowest BCUT2D eigenvalue weighted by Gasteiger charge is -2.20. The predicted octanol–water partition coefficient (Wildman–Crippen LogP) is 3.54. The van der Waals surface area contributed by atoms with Crippen LogP contribution in [0, 0.1) is 17.5 Å².